The minimum atomic E-state index is -1.57. The van der Waals surface area contributed by atoms with Crippen molar-refractivity contribution in [3.05, 3.63) is 29.8 Å². The van der Waals surface area contributed by atoms with Crippen LogP contribution in [-0.2, 0) is 4.74 Å². The van der Waals surface area contributed by atoms with Crippen LogP contribution in [0.15, 0.2) is 24.3 Å². The maximum Gasteiger partial charge on any atom is 0.488 e. The molecule has 0 aliphatic rings. The van der Waals surface area contributed by atoms with E-state index < -0.39 is 13.1 Å². The molecule has 0 saturated heterocycles. The molecule has 5 heteroatoms. The predicted molar refractivity (Wildman–Crippen MR) is 61.4 cm³/mol. The molecule has 1 aromatic carbocycles. The molecule has 0 aromatic heterocycles. The quantitative estimate of drug-likeness (QED) is 0.563. The van der Waals surface area contributed by atoms with E-state index in [1.165, 1.54) is 12.1 Å². The molecule has 0 radical (unpaired) electrons. The van der Waals surface area contributed by atoms with Gasteiger partial charge in [0, 0.05) is 0 Å². The Bertz CT molecular complexity index is 363. The summed E-state index contributed by atoms with van der Waals surface area (Å²) < 4.78 is 5.02. The van der Waals surface area contributed by atoms with Gasteiger partial charge in [0.15, 0.2) is 0 Å². The van der Waals surface area contributed by atoms with Crippen LogP contribution in [0.2, 0.25) is 0 Å². The van der Waals surface area contributed by atoms with Gasteiger partial charge in [0.05, 0.1) is 12.2 Å². The average Bonchev–Trinajstić information content (AvgIpc) is 2.26. The molecule has 2 N–H and O–H groups in total. The lowest BCUT2D eigenvalue weighted by atomic mass is 9.80. The Morgan fingerprint density at radius 2 is 2.12 bits per heavy atom. The largest absolute Gasteiger partial charge is 0.488 e. The van der Waals surface area contributed by atoms with E-state index in [0.717, 1.165) is 0 Å². The van der Waals surface area contributed by atoms with Crippen LogP contribution in [0, 0.1) is 5.92 Å². The summed E-state index contributed by atoms with van der Waals surface area (Å²) >= 11 is 0. The Labute approximate surface area is 95.0 Å². The zero-order chi connectivity index (χ0) is 12.1. The van der Waals surface area contributed by atoms with Crippen LogP contribution in [0.4, 0.5) is 0 Å². The maximum atomic E-state index is 11.5. The third-order valence-electron chi connectivity index (χ3n) is 1.97. The molecule has 0 spiro atoms. The van der Waals surface area contributed by atoms with Crippen molar-refractivity contribution < 1.29 is 19.6 Å². The highest BCUT2D eigenvalue weighted by Crippen LogP contribution is 2.02. The molecule has 1 aromatic rings. The van der Waals surface area contributed by atoms with Crippen molar-refractivity contribution in [3.63, 3.8) is 0 Å². The Morgan fingerprint density at radius 3 is 2.69 bits per heavy atom. The summed E-state index contributed by atoms with van der Waals surface area (Å²) in [5, 5.41) is 17.9. The van der Waals surface area contributed by atoms with Gasteiger partial charge in [-0.15, -0.1) is 0 Å². The van der Waals surface area contributed by atoms with Crippen LogP contribution < -0.4 is 5.46 Å². The summed E-state index contributed by atoms with van der Waals surface area (Å²) in [5.74, 6) is -0.174. The number of carbonyl (C=O) groups is 1. The Morgan fingerprint density at radius 1 is 1.44 bits per heavy atom. The molecule has 4 nitrogen and oxygen atoms in total. The number of hydrogen-bond acceptors (Lipinski definition) is 4. The van der Waals surface area contributed by atoms with Crippen LogP contribution in [0.5, 0.6) is 0 Å². The molecule has 0 aliphatic heterocycles. The summed E-state index contributed by atoms with van der Waals surface area (Å²) in [4.78, 5) is 11.5. The second-order valence-electron chi connectivity index (χ2n) is 3.99. The maximum absolute atomic E-state index is 11.5. The van der Waals surface area contributed by atoms with Crippen LogP contribution in [0.25, 0.3) is 0 Å². The van der Waals surface area contributed by atoms with Gasteiger partial charge >= 0.3 is 13.1 Å². The molecule has 1 rings (SSSR count). The van der Waals surface area contributed by atoms with Crippen molar-refractivity contribution in [1.82, 2.24) is 0 Å². The van der Waals surface area contributed by atoms with Crippen LogP contribution in [0.1, 0.15) is 24.2 Å². The second kappa shape index (κ2) is 5.68. The van der Waals surface area contributed by atoms with E-state index in [4.69, 9.17) is 14.8 Å². The van der Waals surface area contributed by atoms with Crippen molar-refractivity contribution in [3.8, 4) is 0 Å². The molecule has 16 heavy (non-hydrogen) atoms. The molecule has 0 bridgehead atoms. The van der Waals surface area contributed by atoms with Crippen LogP contribution in [-0.4, -0.2) is 29.7 Å². The van der Waals surface area contributed by atoms with Crippen molar-refractivity contribution in [2.45, 2.75) is 13.8 Å². The van der Waals surface area contributed by atoms with Gasteiger partial charge in [-0.3, -0.25) is 0 Å². The van der Waals surface area contributed by atoms with Gasteiger partial charge < -0.3 is 14.8 Å². The molecule has 0 fully saturated rings. The fraction of sp³-hybridized carbons (Fsp3) is 0.364. The van der Waals surface area contributed by atoms with Gasteiger partial charge in [0.2, 0.25) is 0 Å². The van der Waals surface area contributed by atoms with E-state index in [2.05, 4.69) is 0 Å². The van der Waals surface area contributed by atoms with E-state index in [9.17, 15) is 4.79 Å². The van der Waals surface area contributed by atoms with Gasteiger partial charge in [-0.25, -0.2) is 4.79 Å². The lowest BCUT2D eigenvalue weighted by Crippen LogP contribution is -2.30. The van der Waals surface area contributed by atoms with E-state index in [-0.39, 0.29) is 11.4 Å². The van der Waals surface area contributed by atoms with Crippen molar-refractivity contribution in [1.29, 1.82) is 0 Å². The highest BCUT2D eigenvalue weighted by atomic mass is 16.5. The first-order valence-corrected chi connectivity index (χ1v) is 5.14. The normalized spacial score (nSPS) is 10.3. The van der Waals surface area contributed by atoms with Crippen molar-refractivity contribution in [2.75, 3.05) is 6.61 Å². The monoisotopic (exact) mass is 222 g/mol. The first kappa shape index (κ1) is 12.7. The summed E-state index contributed by atoms with van der Waals surface area (Å²) in [6, 6.07) is 6.10. The minimum Gasteiger partial charge on any atom is -0.462 e. The highest BCUT2D eigenvalue weighted by molar-refractivity contribution is 6.58. The molecule has 0 aliphatic carbocycles. The van der Waals surface area contributed by atoms with Gasteiger partial charge in [-0.05, 0) is 23.5 Å². The van der Waals surface area contributed by atoms with Gasteiger partial charge in [-0.2, -0.15) is 0 Å². The molecule has 0 unspecified atom stereocenters. The minimum absolute atomic E-state index is 0.274. The SMILES string of the molecule is CC(C)COC(=O)c1cccc(B(O)O)c1. The smallest absolute Gasteiger partial charge is 0.462 e. The predicted octanol–water partition coefficient (Wildman–Crippen LogP) is 0.179. The van der Waals surface area contributed by atoms with Gasteiger partial charge in [0.1, 0.15) is 0 Å². The summed E-state index contributed by atoms with van der Waals surface area (Å²) in [6.07, 6.45) is 0. The Hall–Kier alpha value is -1.33. The summed E-state index contributed by atoms with van der Waals surface area (Å²) in [5.41, 5.74) is 0.602. The van der Waals surface area contributed by atoms with E-state index in [0.29, 0.717) is 12.2 Å². The third kappa shape index (κ3) is 3.68. The first-order valence-electron chi connectivity index (χ1n) is 5.14. The van der Waals surface area contributed by atoms with Gasteiger partial charge in [0.25, 0.3) is 0 Å². The zero-order valence-electron chi connectivity index (χ0n) is 9.38. The van der Waals surface area contributed by atoms with Crippen molar-refractivity contribution in [2.24, 2.45) is 5.92 Å². The molecule has 0 atom stereocenters. The lowest BCUT2D eigenvalue weighted by Gasteiger charge is -2.08. The Balaban J connectivity index is 2.72. The number of hydrogen-bond donors (Lipinski definition) is 2. The molecule has 0 saturated carbocycles. The standard InChI is InChI=1S/C11H15BO4/c1-8(2)7-16-11(13)9-4-3-5-10(6-9)12(14)15/h3-6,8,14-15H,7H2,1-2H3. The third-order valence-corrected chi connectivity index (χ3v) is 1.97. The number of esters is 1. The van der Waals surface area contributed by atoms with Crippen molar-refractivity contribution >= 4 is 18.6 Å². The second-order valence-corrected chi connectivity index (χ2v) is 3.99. The highest BCUT2D eigenvalue weighted by Gasteiger charge is 2.14. The van der Waals surface area contributed by atoms with E-state index in [1.54, 1.807) is 12.1 Å². The zero-order valence-corrected chi connectivity index (χ0v) is 9.38. The number of carbonyl (C=O) groups excluding carboxylic acids is 1. The topological polar surface area (TPSA) is 66.8 Å². The molecular weight excluding hydrogens is 207 g/mol. The van der Waals surface area contributed by atoms with Crippen LogP contribution in [0.3, 0.4) is 0 Å². The summed E-state index contributed by atoms with van der Waals surface area (Å²) in [7, 11) is -1.57. The summed E-state index contributed by atoms with van der Waals surface area (Å²) in [6.45, 7) is 4.24. The fourth-order valence-corrected chi connectivity index (χ4v) is 1.15. The number of ether oxygens (including phenoxy) is 1. The van der Waals surface area contributed by atoms with E-state index in [1.807, 2.05) is 13.8 Å². The molecule has 86 valence electrons. The lowest BCUT2D eigenvalue weighted by molar-refractivity contribution is 0.0459. The molecular formula is C11H15BO4. The van der Waals surface area contributed by atoms with E-state index >= 15 is 0 Å². The first-order chi connectivity index (χ1) is 7.50. The molecule has 0 heterocycles. The fourth-order valence-electron chi connectivity index (χ4n) is 1.15. The molecule has 0 amide bonds. The average molecular weight is 222 g/mol. The van der Waals surface area contributed by atoms with Crippen LogP contribution >= 0.6 is 0 Å². The number of benzene rings is 1. The van der Waals surface area contributed by atoms with Gasteiger partial charge in [-0.1, -0.05) is 26.0 Å². The number of rotatable bonds is 4. The Kier molecular flexibility index (Phi) is 4.52.